The van der Waals surface area contributed by atoms with Crippen molar-refractivity contribution in [2.45, 2.75) is 13.0 Å². The van der Waals surface area contributed by atoms with Crippen LogP contribution in [0.25, 0.3) is 0 Å². The molecule has 1 N–H and O–H groups in total. The molecule has 7 nitrogen and oxygen atoms in total. The SMILES string of the molecule is C[C@@H](NC(=O)COC(=O)c1ccccc1[N+](=O)[O-])c1cccc(Cl)c1. The van der Waals surface area contributed by atoms with E-state index in [1.807, 2.05) is 0 Å². The highest BCUT2D eigenvalue weighted by Gasteiger charge is 2.21. The first kappa shape index (κ1) is 18.4. The summed E-state index contributed by atoms with van der Waals surface area (Å²) in [6, 6.07) is 12.0. The highest BCUT2D eigenvalue weighted by Crippen LogP contribution is 2.19. The standard InChI is InChI=1S/C17H15ClN2O5/c1-11(12-5-4-6-13(18)9-12)19-16(21)10-25-17(22)14-7-2-3-8-15(14)20(23)24/h2-9,11H,10H2,1H3,(H,19,21)/t11-/m1/s1. The molecule has 0 radical (unpaired) electrons. The Morgan fingerprint density at radius 1 is 1.24 bits per heavy atom. The summed E-state index contributed by atoms with van der Waals surface area (Å²) in [6.45, 7) is 1.21. The van der Waals surface area contributed by atoms with Gasteiger partial charge in [0.15, 0.2) is 6.61 Å². The van der Waals surface area contributed by atoms with E-state index in [2.05, 4.69) is 5.32 Å². The molecule has 0 saturated carbocycles. The number of benzene rings is 2. The van der Waals surface area contributed by atoms with Crippen LogP contribution in [-0.4, -0.2) is 23.4 Å². The fourth-order valence-corrected chi connectivity index (χ4v) is 2.36. The Morgan fingerprint density at radius 3 is 2.64 bits per heavy atom. The number of carbonyl (C=O) groups excluding carboxylic acids is 2. The van der Waals surface area contributed by atoms with Crippen molar-refractivity contribution in [1.29, 1.82) is 0 Å². The number of nitro groups is 1. The van der Waals surface area contributed by atoms with Gasteiger partial charge >= 0.3 is 5.97 Å². The third kappa shape index (κ3) is 5.02. The molecule has 8 heteroatoms. The van der Waals surface area contributed by atoms with Crippen molar-refractivity contribution in [2.24, 2.45) is 0 Å². The summed E-state index contributed by atoms with van der Waals surface area (Å²) in [7, 11) is 0. The molecule has 2 rings (SSSR count). The number of para-hydroxylation sites is 1. The molecule has 0 spiro atoms. The zero-order valence-corrected chi connectivity index (χ0v) is 14.0. The van der Waals surface area contributed by atoms with Crippen molar-refractivity contribution in [3.8, 4) is 0 Å². The van der Waals surface area contributed by atoms with Gasteiger partial charge in [-0.05, 0) is 30.7 Å². The molecule has 0 aliphatic heterocycles. The van der Waals surface area contributed by atoms with Gasteiger partial charge in [0, 0.05) is 11.1 Å². The lowest BCUT2D eigenvalue weighted by atomic mass is 10.1. The molecule has 0 bridgehead atoms. The molecule has 1 amide bonds. The van der Waals surface area contributed by atoms with Crippen LogP contribution < -0.4 is 5.32 Å². The summed E-state index contributed by atoms with van der Waals surface area (Å²) >= 11 is 5.90. The molecule has 0 aliphatic carbocycles. The second kappa shape index (κ2) is 8.25. The van der Waals surface area contributed by atoms with Crippen LogP contribution in [0.4, 0.5) is 5.69 Å². The van der Waals surface area contributed by atoms with E-state index >= 15 is 0 Å². The van der Waals surface area contributed by atoms with E-state index in [4.69, 9.17) is 16.3 Å². The van der Waals surface area contributed by atoms with Crippen molar-refractivity contribution in [1.82, 2.24) is 5.32 Å². The fourth-order valence-electron chi connectivity index (χ4n) is 2.16. The van der Waals surface area contributed by atoms with Gasteiger partial charge in [-0.1, -0.05) is 35.9 Å². The molecule has 0 unspecified atom stereocenters. The number of halogens is 1. The molecule has 0 aromatic heterocycles. The predicted octanol–water partition coefficient (Wildman–Crippen LogP) is 3.28. The zero-order chi connectivity index (χ0) is 18.4. The lowest BCUT2D eigenvalue weighted by molar-refractivity contribution is -0.385. The number of hydrogen-bond donors (Lipinski definition) is 1. The molecule has 2 aromatic rings. The summed E-state index contributed by atoms with van der Waals surface area (Å²) < 4.78 is 4.86. The molecule has 130 valence electrons. The number of nitro benzene ring substituents is 1. The van der Waals surface area contributed by atoms with Crippen molar-refractivity contribution < 1.29 is 19.2 Å². The van der Waals surface area contributed by atoms with Gasteiger partial charge in [0.25, 0.3) is 11.6 Å². The first-order valence-corrected chi connectivity index (χ1v) is 7.71. The second-order valence-corrected chi connectivity index (χ2v) is 5.63. The summed E-state index contributed by atoms with van der Waals surface area (Å²) in [5, 5.41) is 14.1. The highest BCUT2D eigenvalue weighted by atomic mass is 35.5. The quantitative estimate of drug-likeness (QED) is 0.483. The van der Waals surface area contributed by atoms with E-state index in [-0.39, 0.29) is 17.3 Å². The maximum Gasteiger partial charge on any atom is 0.345 e. The minimum absolute atomic E-state index is 0.205. The van der Waals surface area contributed by atoms with E-state index in [1.54, 1.807) is 31.2 Å². The lowest BCUT2D eigenvalue weighted by Gasteiger charge is -2.14. The molecule has 0 fully saturated rings. The number of carbonyl (C=O) groups is 2. The van der Waals surface area contributed by atoms with Gasteiger partial charge in [-0.25, -0.2) is 4.79 Å². The molecular formula is C17H15ClN2O5. The molecule has 1 atom stereocenters. The maximum atomic E-state index is 12.0. The second-order valence-electron chi connectivity index (χ2n) is 5.19. The Labute approximate surface area is 148 Å². The van der Waals surface area contributed by atoms with E-state index < -0.39 is 23.4 Å². The number of nitrogens with one attached hydrogen (secondary N) is 1. The zero-order valence-electron chi connectivity index (χ0n) is 13.3. The van der Waals surface area contributed by atoms with Gasteiger partial charge in [-0.3, -0.25) is 14.9 Å². The average Bonchev–Trinajstić information content (AvgIpc) is 2.59. The van der Waals surface area contributed by atoms with E-state index in [0.717, 1.165) is 5.56 Å². The van der Waals surface area contributed by atoms with Crippen molar-refractivity contribution in [2.75, 3.05) is 6.61 Å². The number of rotatable bonds is 6. The van der Waals surface area contributed by atoms with Gasteiger partial charge in [-0.15, -0.1) is 0 Å². The largest absolute Gasteiger partial charge is 0.452 e. The van der Waals surface area contributed by atoms with E-state index in [1.165, 1.54) is 24.3 Å². The average molecular weight is 363 g/mol. The van der Waals surface area contributed by atoms with Crippen LogP contribution in [0.3, 0.4) is 0 Å². The van der Waals surface area contributed by atoms with Gasteiger partial charge in [-0.2, -0.15) is 0 Å². The fraction of sp³-hybridized carbons (Fsp3) is 0.176. The Balaban J connectivity index is 1.94. The van der Waals surface area contributed by atoms with Gasteiger partial charge in [0.05, 0.1) is 11.0 Å². The normalized spacial score (nSPS) is 11.4. The third-order valence-electron chi connectivity index (χ3n) is 3.38. The molecule has 0 heterocycles. The lowest BCUT2D eigenvalue weighted by Crippen LogP contribution is -2.31. The summed E-state index contributed by atoms with van der Waals surface area (Å²) in [5.41, 5.74) is 0.217. The van der Waals surface area contributed by atoms with Crippen LogP contribution in [0.2, 0.25) is 5.02 Å². The minimum Gasteiger partial charge on any atom is -0.452 e. The van der Waals surface area contributed by atoms with Crippen LogP contribution in [0.5, 0.6) is 0 Å². The van der Waals surface area contributed by atoms with E-state index in [9.17, 15) is 19.7 Å². The Hall–Kier alpha value is -2.93. The predicted molar refractivity (Wildman–Crippen MR) is 91.4 cm³/mol. The molecule has 25 heavy (non-hydrogen) atoms. The molecule has 0 aliphatic rings. The Bertz CT molecular complexity index is 809. The number of ether oxygens (including phenoxy) is 1. The Morgan fingerprint density at radius 2 is 1.96 bits per heavy atom. The van der Waals surface area contributed by atoms with Gasteiger partial charge in [0.2, 0.25) is 0 Å². The van der Waals surface area contributed by atoms with Gasteiger partial charge < -0.3 is 10.1 Å². The summed E-state index contributed by atoms with van der Waals surface area (Å²) in [5.74, 6) is -1.46. The molecule has 2 aromatic carbocycles. The molecule has 0 saturated heterocycles. The summed E-state index contributed by atoms with van der Waals surface area (Å²) in [6.07, 6.45) is 0. The number of esters is 1. The Kier molecular flexibility index (Phi) is 6.08. The first-order chi connectivity index (χ1) is 11.9. The monoisotopic (exact) mass is 362 g/mol. The van der Waals surface area contributed by atoms with Crippen LogP contribution in [0, 0.1) is 10.1 Å². The smallest absolute Gasteiger partial charge is 0.345 e. The number of amides is 1. The first-order valence-electron chi connectivity index (χ1n) is 7.34. The number of hydrogen-bond acceptors (Lipinski definition) is 5. The highest BCUT2D eigenvalue weighted by molar-refractivity contribution is 6.30. The third-order valence-corrected chi connectivity index (χ3v) is 3.62. The van der Waals surface area contributed by atoms with Crippen LogP contribution >= 0.6 is 11.6 Å². The summed E-state index contributed by atoms with van der Waals surface area (Å²) in [4.78, 5) is 34.1. The topological polar surface area (TPSA) is 98.5 Å². The van der Waals surface area contributed by atoms with Crippen LogP contribution in [-0.2, 0) is 9.53 Å². The van der Waals surface area contributed by atoms with Crippen molar-refractivity contribution >= 4 is 29.2 Å². The molecular weight excluding hydrogens is 348 g/mol. The van der Waals surface area contributed by atoms with Crippen molar-refractivity contribution in [3.05, 3.63) is 74.8 Å². The maximum absolute atomic E-state index is 12.0. The van der Waals surface area contributed by atoms with Crippen molar-refractivity contribution in [3.63, 3.8) is 0 Å². The van der Waals surface area contributed by atoms with Crippen LogP contribution in [0.15, 0.2) is 48.5 Å². The van der Waals surface area contributed by atoms with Crippen LogP contribution in [0.1, 0.15) is 28.9 Å². The van der Waals surface area contributed by atoms with Gasteiger partial charge in [0.1, 0.15) is 5.56 Å². The van der Waals surface area contributed by atoms with E-state index in [0.29, 0.717) is 5.02 Å². The number of nitrogens with zero attached hydrogens (tertiary/aromatic N) is 1. The minimum atomic E-state index is -0.933.